The monoisotopic (exact) mass is 340 g/mol. The Kier molecular flexibility index (Phi) is 6.74. The molecule has 2 fully saturated rings. The molecule has 24 heavy (non-hydrogen) atoms. The van der Waals surface area contributed by atoms with Gasteiger partial charge >= 0.3 is 0 Å². The molecule has 1 saturated carbocycles. The largest absolute Gasteiger partial charge is 0.387 e. The molecule has 1 aliphatic heterocycles. The Morgan fingerprint density at radius 1 is 0.833 bits per heavy atom. The molecule has 0 bridgehead atoms. The van der Waals surface area contributed by atoms with Crippen molar-refractivity contribution >= 4 is 0 Å². The topological polar surface area (TPSA) is 66.4 Å². The summed E-state index contributed by atoms with van der Waals surface area (Å²) in [5, 5.41) is 10.8. The Hall–Kier alpha value is -1.02. The fraction of sp³-hybridized carbons (Fsp3) is 0.667. The molecule has 2 aliphatic rings. The first kappa shape index (κ1) is 19.3. The lowest BCUT2D eigenvalue weighted by atomic mass is 9.84. The number of aliphatic hydroxyl groups excluding tert-OH is 1. The van der Waals surface area contributed by atoms with Gasteiger partial charge in [-0.15, -0.1) is 19.7 Å². The lowest BCUT2D eigenvalue weighted by molar-refractivity contribution is -0.225. The molecule has 0 unspecified atom stereocenters. The Labute approximate surface area is 143 Å². The second-order valence-electron chi connectivity index (χ2n) is 6.32. The maximum atomic E-state index is 10.8. The molecule has 136 valence electrons. The van der Waals surface area contributed by atoms with Crippen molar-refractivity contribution in [2.45, 2.75) is 56.3 Å². The number of ether oxygens (including phenoxy) is 5. The van der Waals surface area contributed by atoms with Crippen LogP contribution in [0.5, 0.6) is 0 Å². The van der Waals surface area contributed by atoms with Crippen LogP contribution in [0.4, 0.5) is 0 Å². The van der Waals surface area contributed by atoms with Gasteiger partial charge in [-0.1, -0.05) is 18.2 Å². The van der Waals surface area contributed by atoms with E-state index in [1.165, 1.54) is 0 Å². The minimum Gasteiger partial charge on any atom is -0.387 e. The molecule has 6 atom stereocenters. The van der Waals surface area contributed by atoms with Crippen LogP contribution in [-0.2, 0) is 23.7 Å². The molecule has 1 N–H and O–H groups in total. The smallest absolute Gasteiger partial charge is 0.164 e. The number of hydrogen-bond acceptors (Lipinski definition) is 6. The van der Waals surface area contributed by atoms with Crippen molar-refractivity contribution in [2.75, 3.05) is 19.8 Å². The van der Waals surface area contributed by atoms with Crippen LogP contribution in [0.25, 0.3) is 0 Å². The lowest BCUT2D eigenvalue weighted by Gasteiger charge is -2.44. The van der Waals surface area contributed by atoms with Gasteiger partial charge in [0.15, 0.2) is 5.79 Å². The Morgan fingerprint density at radius 2 is 1.25 bits per heavy atom. The van der Waals surface area contributed by atoms with Crippen molar-refractivity contribution in [3.8, 4) is 0 Å². The van der Waals surface area contributed by atoms with Crippen LogP contribution in [0, 0.1) is 0 Å². The Balaban J connectivity index is 2.28. The van der Waals surface area contributed by atoms with E-state index in [4.69, 9.17) is 23.7 Å². The molecule has 0 spiro atoms. The van der Waals surface area contributed by atoms with E-state index in [0.29, 0.717) is 13.2 Å². The van der Waals surface area contributed by atoms with Crippen LogP contribution >= 0.6 is 0 Å². The zero-order valence-corrected chi connectivity index (χ0v) is 14.4. The summed E-state index contributed by atoms with van der Waals surface area (Å²) in [5.74, 6) is -0.798. The molecule has 2 rings (SSSR count). The van der Waals surface area contributed by atoms with E-state index in [1.807, 2.05) is 13.8 Å². The van der Waals surface area contributed by atoms with Crippen LogP contribution in [0.2, 0.25) is 0 Å². The van der Waals surface area contributed by atoms with E-state index in [0.717, 1.165) is 0 Å². The van der Waals surface area contributed by atoms with Crippen LogP contribution in [0.15, 0.2) is 38.0 Å². The van der Waals surface area contributed by atoms with Crippen molar-refractivity contribution in [1.82, 2.24) is 0 Å². The Bertz CT molecular complexity index is 449. The first-order valence-corrected chi connectivity index (χ1v) is 8.16. The molecule has 0 aromatic rings. The minimum atomic E-state index is -0.932. The van der Waals surface area contributed by atoms with Gasteiger partial charge in [-0.2, -0.15) is 0 Å². The normalized spacial score (nSPS) is 37.6. The summed E-state index contributed by atoms with van der Waals surface area (Å²) < 4.78 is 29.4. The predicted octanol–water partition coefficient (Wildman–Crippen LogP) is 1.59. The highest BCUT2D eigenvalue weighted by molar-refractivity contribution is 5.06. The quantitative estimate of drug-likeness (QED) is 0.643. The fourth-order valence-corrected chi connectivity index (χ4v) is 3.20. The molecule has 6 nitrogen and oxygen atoms in total. The van der Waals surface area contributed by atoms with Gasteiger partial charge in [0.2, 0.25) is 0 Å². The lowest BCUT2D eigenvalue weighted by Crippen LogP contribution is -2.64. The zero-order chi connectivity index (χ0) is 17.7. The second-order valence-corrected chi connectivity index (χ2v) is 6.32. The molecule has 0 aromatic heterocycles. The highest BCUT2D eigenvalue weighted by atomic mass is 16.8. The summed E-state index contributed by atoms with van der Waals surface area (Å²) in [6.45, 7) is 15.5. The molecule has 0 radical (unpaired) electrons. The highest BCUT2D eigenvalue weighted by Gasteiger charge is 2.59. The van der Waals surface area contributed by atoms with E-state index < -0.39 is 42.4 Å². The number of aliphatic hydroxyl groups is 1. The minimum absolute atomic E-state index is 0.283. The van der Waals surface area contributed by atoms with Gasteiger partial charge in [0.1, 0.15) is 36.6 Å². The standard InChI is InChI=1S/C18H28O6/c1-6-9-20-13-12(19)14(21-10-7-2)16-17(15(13)22-11-8-3)24-18(4,5)23-16/h6-8,12-17,19H,1-3,9-11H2,4-5H3/t12-,13-,14+,15+,16-,17+/m1/s1. The first-order chi connectivity index (χ1) is 11.4. The summed E-state index contributed by atoms with van der Waals surface area (Å²) in [6.07, 6.45) is 1.34. The van der Waals surface area contributed by atoms with Gasteiger partial charge in [0.05, 0.1) is 19.8 Å². The van der Waals surface area contributed by atoms with Gasteiger partial charge in [-0.3, -0.25) is 0 Å². The first-order valence-electron chi connectivity index (χ1n) is 8.16. The summed E-state index contributed by atoms with van der Waals surface area (Å²) in [6, 6.07) is 0. The van der Waals surface area contributed by atoms with Crippen molar-refractivity contribution in [3.63, 3.8) is 0 Å². The van der Waals surface area contributed by atoms with E-state index in [-0.39, 0.29) is 6.61 Å². The van der Waals surface area contributed by atoms with Crippen LogP contribution in [0.1, 0.15) is 13.8 Å². The van der Waals surface area contributed by atoms with Crippen LogP contribution in [-0.4, -0.2) is 67.3 Å². The van der Waals surface area contributed by atoms with Crippen LogP contribution < -0.4 is 0 Å². The van der Waals surface area contributed by atoms with E-state index in [9.17, 15) is 5.11 Å². The third-order valence-corrected chi connectivity index (χ3v) is 4.03. The third-order valence-electron chi connectivity index (χ3n) is 4.03. The molecule has 1 saturated heterocycles. The van der Waals surface area contributed by atoms with Gasteiger partial charge in [-0.05, 0) is 13.8 Å². The Morgan fingerprint density at radius 3 is 1.75 bits per heavy atom. The third kappa shape index (κ3) is 4.14. The molecular weight excluding hydrogens is 312 g/mol. The summed E-state index contributed by atoms with van der Waals surface area (Å²) in [7, 11) is 0. The summed E-state index contributed by atoms with van der Waals surface area (Å²) in [4.78, 5) is 0. The second kappa shape index (κ2) is 8.38. The molecule has 0 amide bonds. The van der Waals surface area contributed by atoms with Crippen molar-refractivity contribution in [2.24, 2.45) is 0 Å². The average Bonchev–Trinajstić information content (AvgIpc) is 2.86. The molecule has 1 aliphatic carbocycles. The van der Waals surface area contributed by atoms with E-state index >= 15 is 0 Å². The van der Waals surface area contributed by atoms with Crippen molar-refractivity contribution in [1.29, 1.82) is 0 Å². The van der Waals surface area contributed by atoms with E-state index in [2.05, 4.69) is 19.7 Å². The maximum absolute atomic E-state index is 10.8. The average molecular weight is 340 g/mol. The molecule has 1 heterocycles. The summed E-state index contributed by atoms with van der Waals surface area (Å²) >= 11 is 0. The number of fused-ring (bicyclic) bond motifs is 1. The maximum Gasteiger partial charge on any atom is 0.164 e. The summed E-state index contributed by atoms with van der Waals surface area (Å²) in [5.41, 5.74) is 0. The molecule has 6 heteroatoms. The highest BCUT2D eigenvalue weighted by Crippen LogP contribution is 2.40. The van der Waals surface area contributed by atoms with Gasteiger partial charge in [-0.25, -0.2) is 0 Å². The van der Waals surface area contributed by atoms with E-state index in [1.54, 1.807) is 18.2 Å². The van der Waals surface area contributed by atoms with Gasteiger partial charge in [0, 0.05) is 0 Å². The molecular formula is C18H28O6. The van der Waals surface area contributed by atoms with Crippen molar-refractivity contribution in [3.05, 3.63) is 38.0 Å². The number of hydrogen-bond donors (Lipinski definition) is 1. The van der Waals surface area contributed by atoms with Crippen molar-refractivity contribution < 1.29 is 28.8 Å². The van der Waals surface area contributed by atoms with Crippen LogP contribution in [0.3, 0.4) is 0 Å². The van der Waals surface area contributed by atoms with Gasteiger partial charge < -0.3 is 28.8 Å². The number of rotatable bonds is 9. The predicted molar refractivity (Wildman–Crippen MR) is 89.6 cm³/mol. The SMILES string of the molecule is C=CCO[C@@H]1[C@@H]2OC(C)(C)O[C@@H]2[C@@H](OCC=C)[C@H](O)[C@H]1OCC=C. The fourth-order valence-electron chi connectivity index (χ4n) is 3.20. The molecule has 0 aromatic carbocycles. The zero-order valence-electron chi connectivity index (χ0n) is 14.4. The van der Waals surface area contributed by atoms with Gasteiger partial charge in [0.25, 0.3) is 0 Å².